The van der Waals surface area contributed by atoms with Gasteiger partial charge in [-0.1, -0.05) is 34.1 Å². The van der Waals surface area contributed by atoms with Gasteiger partial charge < -0.3 is 0 Å². The molecule has 1 fully saturated rings. The Morgan fingerprint density at radius 3 is 2.43 bits per heavy atom. The molecule has 0 saturated heterocycles. The van der Waals surface area contributed by atoms with Crippen molar-refractivity contribution in [3.05, 3.63) is 0 Å². The Morgan fingerprint density at radius 2 is 2.00 bits per heavy atom. The van der Waals surface area contributed by atoms with Gasteiger partial charge in [0.15, 0.2) is 0 Å². The second-order valence-electron chi connectivity index (χ2n) is 5.58. The van der Waals surface area contributed by atoms with Crippen molar-refractivity contribution >= 4 is 5.78 Å². The van der Waals surface area contributed by atoms with Gasteiger partial charge in [-0.2, -0.15) is 0 Å². The zero-order valence-corrected chi connectivity index (χ0v) is 10.1. The number of hydrogen-bond donors (Lipinski definition) is 0. The molecule has 1 aliphatic rings. The lowest BCUT2D eigenvalue weighted by Gasteiger charge is -2.31. The minimum absolute atomic E-state index is 0.333. The molecule has 1 atom stereocenters. The fourth-order valence-electron chi connectivity index (χ4n) is 2.04. The summed E-state index contributed by atoms with van der Waals surface area (Å²) in [5, 5.41) is 0. The van der Waals surface area contributed by atoms with E-state index in [-0.39, 0.29) is 0 Å². The Hall–Kier alpha value is -0.330. The highest BCUT2D eigenvalue weighted by Crippen LogP contribution is 2.38. The van der Waals surface area contributed by atoms with Gasteiger partial charge in [0.1, 0.15) is 5.78 Å². The van der Waals surface area contributed by atoms with Gasteiger partial charge in [-0.15, -0.1) is 0 Å². The number of Topliss-reactive ketones (excluding diaryl/α,β-unsaturated/α-hetero) is 1. The predicted molar refractivity (Wildman–Crippen MR) is 60.2 cm³/mol. The monoisotopic (exact) mass is 196 g/mol. The second kappa shape index (κ2) is 4.46. The molecule has 0 radical (unpaired) electrons. The van der Waals surface area contributed by atoms with Crippen molar-refractivity contribution in [1.82, 2.24) is 0 Å². The van der Waals surface area contributed by atoms with E-state index < -0.39 is 0 Å². The van der Waals surface area contributed by atoms with Crippen LogP contribution in [0.5, 0.6) is 0 Å². The van der Waals surface area contributed by atoms with Crippen LogP contribution in [0.4, 0.5) is 0 Å². The summed E-state index contributed by atoms with van der Waals surface area (Å²) >= 11 is 0. The SMILES string of the molecule is CCCC(C)(C)C(C)CC(=O)C1CC1. The summed E-state index contributed by atoms with van der Waals surface area (Å²) in [6.07, 6.45) is 5.55. The Bertz CT molecular complexity index is 201. The highest BCUT2D eigenvalue weighted by atomic mass is 16.1. The lowest BCUT2D eigenvalue weighted by Crippen LogP contribution is -2.24. The number of ketones is 1. The van der Waals surface area contributed by atoms with Crippen LogP contribution in [-0.4, -0.2) is 5.78 Å². The average Bonchev–Trinajstić information content (AvgIpc) is 2.85. The van der Waals surface area contributed by atoms with E-state index in [0.717, 1.165) is 19.3 Å². The molecule has 0 amide bonds. The third-order valence-corrected chi connectivity index (χ3v) is 3.77. The molecular weight excluding hydrogens is 172 g/mol. The zero-order chi connectivity index (χ0) is 10.8. The molecule has 14 heavy (non-hydrogen) atoms. The minimum Gasteiger partial charge on any atom is -0.299 e. The van der Waals surface area contributed by atoms with E-state index in [4.69, 9.17) is 0 Å². The molecule has 1 unspecified atom stereocenters. The van der Waals surface area contributed by atoms with Crippen molar-refractivity contribution in [1.29, 1.82) is 0 Å². The highest BCUT2D eigenvalue weighted by Gasteiger charge is 2.33. The molecule has 0 spiro atoms. The number of hydrogen-bond acceptors (Lipinski definition) is 1. The van der Waals surface area contributed by atoms with Gasteiger partial charge in [-0.3, -0.25) is 4.79 Å². The molecule has 0 bridgehead atoms. The van der Waals surface area contributed by atoms with Crippen LogP contribution < -0.4 is 0 Å². The summed E-state index contributed by atoms with van der Waals surface area (Å²) < 4.78 is 0. The smallest absolute Gasteiger partial charge is 0.136 e. The maximum absolute atomic E-state index is 11.7. The van der Waals surface area contributed by atoms with Gasteiger partial charge in [-0.05, 0) is 30.6 Å². The van der Waals surface area contributed by atoms with Crippen molar-refractivity contribution in [2.24, 2.45) is 17.3 Å². The topological polar surface area (TPSA) is 17.1 Å². The Kier molecular flexibility index (Phi) is 3.74. The molecule has 1 aliphatic carbocycles. The summed E-state index contributed by atoms with van der Waals surface area (Å²) in [6.45, 7) is 9.04. The maximum atomic E-state index is 11.7. The molecule has 0 N–H and O–H groups in total. The second-order valence-corrected chi connectivity index (χ2v) is 5.58. The van der Waals surface area contributed by atoms with Crippen LogP contribution in [0, 0.1) is 17.3 Å². The van der Waals surface area contributed by atoms with Crippen molar-refractivity contribution < 1.29 is 4.79 Å². The normalized spacial score (nSPS) is 19.4. The van der Waals surface area contributed by atoms with Crippen LogP contribution >= 0.6 is 0 Å². The van der Waals surface area contributed by atoms with E-state index in [2.05, 4.69) is 27.7 Å². The molecule has 1 nitrogen and oxygen atoms in total. The van der Waals surface area contributed by atoms with Gasteiger partial charge in [0.25, 0.3) is 0 Å². The van der Waals surface area contributed by atoms with E-state index in [1.807, 2.05) is 0 Å². The van der Waals surface area contributed by atoms with Crippen LogP contribution in [0.3, 0.4) is 0 Å². The summed E-state index contributed by atoms with van der Waals surface area (Å²) in [4.78, 5) is 11.7. The molecule has 0 heterocycles. The van der Waals surface area contributed by atoms with E-state index in [0.29, 0.717) is 23.0 Å². The van der Waals surface area contributed by atoms with Gasteiger partial charge in [-0.25, -0.2) is 0 Å². The highest BCUT2D eigenvalue weighted by molar-refractivity contribution is 5.83. The van der Waals surface area contributed by atoms with Gasteiger partial charge in [0.2, 0.25) is 0 Å². The first-order chi connectivity index (χ1) is 6.47. The zero-order valence-electron chi connectivity index (χ0n) is 10.1. The third-order valence-electron chi connectivity index (χ3n) is 3.77. The number of rotatable bonds is 6. The fraction of sp³-hybridized carbons (Fsp3) is 0.923. The molecule has 82 valence electrons. The molecule has 1 heteroatoms. The Labute approximate surface area is 88.3 Å². The van der Waals surface area contributed by atoms with Crippen molar-refractivity contribution in [2.45, 2.75) is 59.8 Å². The summed E-state index contributed by atoms with van der Waals surface area (Å²) in [6, 6.07) is 0. The van der Waals surface area contributed by atoms with Crippen molar-refractivity contribution in [2.75, 3.05) is 0 Å². The molecule has 1 rings (SSSR count). The first-order valence-corrected chi connectivity index (χ1v) is 6.00. The van der Waals surface area contributed by atoms with Crippen molar-refractivity contribution in [3.8, 4) is 0 Å². The average molecular weight is 196 g/mol. The fourth-order valence-corrected chi connectivity index (χ4v) is 2.04. The molecule has 0 aliphatic heterocycles. The van der Waals surface area contributed by atoms with Crippen LogP contribution in [0.25, 0.3) is 0 Å². The van der Waals surface area contributed by atoms with Crippen LogP contribution in [-0.2, 0) is 4.79 Å². The summed E-state index contributed by atoms with van der Waals surface area (Å²) in [5.74, 6) is 1.49. The van der Waals surface area contributed by atoms with Gasteiger partial charge in [0.05, 0.1) is 0 Å². The molecule has 0 aromatic rings. The van der Waals surface area contributed by atoms with E-state index >= 15 is 0 Å². The lowest BCUT2D eigenvalue weighted by atomic mass is 9.74. The largest absolute Gasteiger partial charge is 0.299 e. The third kappa shape index (κ3) is 3.11. The van der Waals surface area contributed by atoms with E-state index in [1.165, 1.54) is 12.8 Å². The van der Waals surface area contributed by atoms with Gasteiger partial charge in [0, 0.05) is 12.3 Å². The molecular formula is C13H24O. The molecule has 0 aromatic carbocycles. The Balaban J connectivity index is 2.38. The maximum Gasteiger partial charge on any atom is 0.136 e. The van der Waals surface area contributed by atoms with Gasteiger partial charge >= 0.3 is 0 Å². The van der Waals surface area contributed by atoms with Crippen LogP contribution in [0.1, 0.15) is 59.8 Å². The van der Waals surface area contributed by atoms with Crippen molar-refractivity contribution in [3.63, 3.8) is 0 Å². The molecule has 0 aromatic heterocycles. The minimum atomic E-state index is 0.333. The Morgan fingerprint density at radius 1 is 1.43 bits per heavy atom. The standard InChI is InChI=1S/C13H24O/c1-5-8-13(3,4)10(2)9-12(14)11-6-7-11/h10-11H,5-9H2,1-4H3. The van der Waals surface area contributed by atoms with E-state index in [1.54, 1.807) is 0 Å². The number of carbonyl (C=O) groups is 1. The van der Waals surface area contributed by atoms with Crippen LogP contribution in [0.2, 0.25) is 0 Å². The summed E-state index contributed by atoms with van der Waals surface area (Å²) in [5.41, 5.74) is 0.333. The first kappa shape index (κ1) is 11.7. The summed E-state index contributed by atoms with van der Waals surface area (Å²) in [7, 11) is 0. The quantitative estimate of drug-likeness (QED) is 0.631. The molecule has 1 saturated carbocycles. The lowest BCUT2D eigenvalue weighted by molar-refractivity contribution is -0.121. The number of carbonyl (C=O) groups excluding carboxylic acids is 1. The van der Waals surface area contributed by atoms with E-state index in [9.17, 15) is 4.79 Å². The predicted octanol–water partition coefficient (Wildman–Crippen LogP) is 3.82. The van der Waals surface area contributed by atoms with Crippen LogP contribution in [0.15, 0.2) is 0 Å². The first-order valence-electron chi connectivity index (χ1n) is 6.00.